The quantitative estimate of drug-likeness (QED) is 0.621. The van der Waals surface area contributed by atoms with Crippen molar-refractivity contribution in [2.45, 2.75) is 32.7 Å². The maximum Gasteiger partial charge on any atom is 0.411 e. The summed E-state index contributed by atoms with van der Waals surface area (Å²) in [6.07, 6.45) is -1.23. The molecular formula is C25H23FN2O4. The fraction of sp³-hybridized carbons (Fsp3) is 0.200. The molecule has 3 aromatic rings. The van der Waals surface area contributed by atoms with Crippen molar-refractivity contribution in [1.29, 1.82) is 0 Å². The van der Waals surface area contributed by atoms with Gasteiger partial charge in [0, 0.05) is 24.3 Å². The van der Waals surface area contributed by atoms with E-state index in [1.807, 2.05) is 30.3 Å². The summed E-state index contributed by atoms with van der Waals surface area (Å²) in [7, 11) is 0. The second-order valence-electron chi connectivity index (χ2n) is 7.59. The molecule has 0 aromatic heterocycles. The zero-order valence-electron chi connectivity index (χ0n) is 17.6. The highest BCUT2D eigenvalue weighted by atomic mass is 19.1. The van der Waals surface area contributed by atoms with Crippen LogP contribution in [0.1, 0.15) is 23.6 Å². The van der Waals surface area contributed by atoms with Crippen LogP contribution in [-0.4, -0.2) is 23.0 Å². The van der Waals surface area contributed by atoms with Crippen LogP contribution in [0.3, 0.4) is 0 Å². The molecule has 2 amide bonds. The zero-order valence-corrected chi connectivity index (χ0v) is 17.6. The topological polar surface area (TPSA) is 67.9 Å². The Hall–Kier alpha value is -3.87. The number of nitrogens with one attached hydrogen (secondary N) is 1. The SMILES string of the molecule is CC1Oc2ccc(NC(=O)OCc3ccccc3)cc2CN(Cc2ccc(F)cc2)C1=O. The summed E-state index contributed by atoms with van der Waals surface area (Å²) in [6, 6.07) is 20.6. The molecule has 1 aliphatic heterocycles. The van der Waals surface area contributed by atoms with Crippen molar-refractivity contribution in [3.8, 4) is 5.75 Å². The monoisotopic (exact) mass is 434 g/mol. The minimum atomic E-state index is -0.661. The lowest BCUT2D eigenvalue weighted by atomic mass is 10.1. The molecule has 1 unspecified atom stereocenters. The first-order chi connectivity index (χ1) is 15.5. The number of hydrogen-bond donors (Lipinski definition) is 1. The van der Waals surface area contributed by atoms with E-state index in [2.05, 4.69) is 5.32 Å². The molecule has 1 N–H and O–H groups in total. The van der Waals surface area contributed by atoms with E-state index in [1.54, 1.807) is 42.2 Å². The molecule has 0 aliphatic carbocycles. The van der Waals surface area contributed by atoms with Gasteiger partial charge in [0.1, 0.15) is 18.2 Å². The van der Waals surface area contributed by atoms with Gasteiger partial charge >= 0.3 is 6.09 Å². The molecule has 1 atom stereocenters. The highest BCUT2D eigenvalue weighted by Gasteiger charge is 2.28. The summed E-state index contributed by atoms with van der Waals surface area (Å²) in [6.45, 7) is 2.48. The van der Waals surface area contributed by atoms with Crippen LogP contribution in [-0.2, 0) is 29.2 Å². The Morgan fingerprint density at radius 2 is 1.84 bits per heavy atom. The number of rotatable bonds is 5. The first kappa shape index (κ1) is 21.4. The van der Waals surface area contributed by atoms with Crippen molar-refractivity contribution < 1.29 is 23.5 Å². The molecule has 164 valence electrons. The number of fused-ring (bicyclic) bond motifs is 1. The average Bonchev–Trinajstić information content (AvgIpc) is 2.91. The molecule has 0 radical (unpaired) electrons. The molecular weight excluding hydrogens is 411 g/mol. The van der Waals surface area contributed by atoms with Crippen molar-refractivity contribution in [1.82, 2.24) is 4.90 Å². The van der Waals surface area contributed by atoms with Crippen molar-refractivity contribution in [3.05, 3.63) is 95.3 Å². The van der Waals surface area contributed by atoms with Gasteiger partial charge in [-0.25, -0.2) is 9.18 Å². The molecule has 3 aromatic carbocycles. The summed E-state index contributed by atoms with van der Waals surface area (Å²) in [4.78, 5) is 26.7. The van der Waals surface area contributed by atoms with Gasteiger partial charge in [0.05, 0.1) is 0 Å². The van der Waals surface area contributed by atoms with Gasteiger partial charge in [0.25, 0.3) is 5.91 Å². The lowest BCUT2D eigenvalue weighted by molar-refractivity contribution is -0.138. The number of amides is 2. The van der Waals surface area contributed by atoms with Gasteiger partial charge in [-0.2, -0.15) is 0 Å². The van der Waals surface area contributed by atoms with Crippen LogP contribution >= 0.6 is 0 Å². The van der Waals surface area contributed by atoms with Crippen LogP contribution in [0.4, 0.5) is 14.9 Å². The third-order valence-corrected chi connectivity index (χ3v) is 5.13. The summed E-state index contributed by atoms with van der Waals surface area (Å²) in [5.41, 5.74) is 3.00. The lowest BCUT2D eigenvalue weighted by Crippen LogP contribution is -2.37. The third kappa shape index (κ3) is 5.24. The molecule has 1 heterocycles. The van der Waals surface area contributed by atoms with Gasteiger partial charge in [0.2, 0.25) is 0 Å². The largest absolute Gasteiger partial charge is 0.481 e. The van der Waals surface area contributed by atoms with Gasteiger partial charge in [-0.3, -0.25) is 10.1 Å². The van der Waals surface area contributed by atoms with Crippen LogP contribution < -0.4 is 10.1 Å². The van der Waals surface area contributed by atoms with E-state index in [9.17, 15) is 14.0 Å². The van der Waals surface area contributed by atoms with E-state index in [-0.39, 0.29) is 18.3 Å². The molecule has 0 spiro atoms. The number of benzene rings is 3. The smallest absolute Gasteiger partial charge is 0.411 e. The van der Waals surface area contributed by atoms with E-state index in [1.165, 1.54) is 12.1 Å². The van der Waals surface area contributed by atoms with Gasteiger partial charge in [-0.05, 0) is 48.4 Å². The van der Waals surface area contributed by atoms with E-state index < -0.39 is 12.2 Å². The molecule has 4 rings (SSSR count). The molecule has 0 fully saturated rings. The molecule has 0 saturated heterocycles. The van der Waals surface area contributed by atoms with Crippen LogP contribution in [0, 0.1) is 5.82 Å². The first-order valence-electron chi connectivity index (χ1n) is 10.3. The molecule has 7 heteroatoms. The molecule has 0 bridgehead atoms. The predicted molar refractivity (Wildman–Crippen MR) is 117 cm³/mol. The number of ether oxygens (including phenoxy) is 2. The van der Waals surface area contributed by atoms with Crippen molar-refractivity contribution >= 4 is 17.7 Å². The molecule has 1 aliphatic rings. The van der Waals surface area contributed by atoms with E-state index in [4.69, 9.17) is 9.47 Å². The fourth-order valence-electron chi connectivity index (χ4n) is 3.50. The van der Waals surface area contributed by atoms with Crippen molar-refractivity contribution in [3.63, 3.8) is 0 Å². The molecule has 0 saturated carbocycles. The van der Waals surface area contributed by atoms with Gasteiger partial charge < -0.3 is 14.4 Å². The number of nitrogens with zero attached hydrogens (tertiary/aromatic N) is 1. The second kappa shape index (κ2) is 9.51. The van der Waals surface area contributed by atoms with Crippen LogP contribution in [0.25, 0.3) is 0 Å². The maximum absolute atomic E-state index is 13.2. The van der Waals surface area contributed by atoms with E-state index in [0.717, 1.165) is 16.7 Å². The summed E-state index contributed by atoms with van der Waals surface area (Å²) >= 11 is 0. The van der Waals surface area contributed by atoms with Gasteiger partial charge in [0.15, 0.2) is 6.10 Å². The Morgan fingerprint density at radius 3 is 2.59 bits per heavy atom. The number of anilines is 1. The molecule has 32 heavy (non-hydrogen) atoms. The minimum absolute atomic E-state index is 0.165. The third-order valence-electron chi connectivity index (χ3n) is 5.13. The van der Waals surface area contributed by atoms with Gasteiger partial charge in [-0.1, -0.05) is 42.5 Å². The standard InChI is InChI=1S/C25H23FN2O4/c1-17-24(29)28(14-18-7-9-21(26)10-8-18)15-20-13-22(11-12-23(20)32-17)27-25(30)31-16-19-5-3-2-4-6-19/h2-13,17H,14-16H2,1H3,(H,27,30). The summed E-state index contributed by atoms with van der Waals surface area (Å²) in [5.74, 6) is 0.0887. The normalized spacial score (nSPS) is 15.4. The Labute approximate surface area is 185 Å². The van der Waals surface area contributed by atoms with Crippen LogP contribution in [0.15, 0.2) is 72.8 Å². The maximum atomic E-state index is 13.2. The van der Waals surface area contributed by atoms with Crippen LogP contribution in [0.2, 0.25) is 0 Å². The lowest BCUT2D eigenvalue weighted by Gasteiger charge is -2.22. The Balaban J connectivity index is 1.46. The number of carbonyl (C=O) groups is 2. The zero-order chi connectivity index (χ0) is 22.5. The summed E-state index contributed by atoms with van der Waals surface area (Å²) < 4.78 is 24.3. The van der Waals surface area contributed by atoms with E-state index >= 15 is 0 Å². The minimum Gasteiger partial charge on any atom is -0.481 e. The first-order valence-corrected chi connectivity index (χ1v) is 10.3. The van der Waals surface area contributed by atoms with Gasteiger partial charge in [-0.15, -0.1) is 0 Å². The molecule has 6 nitrogen and oxygen atoms in total. The fourth-order valence-corrected chi connectivity index (χ4v) is 3.50. The highest BCUT2D eigenvalue weighted by molar-refractivity contribution is 5.85. The predicted octanol–water partition coefficient (Wildman–Crippen LogP) is 4.88. The Morgan fingerprint density at radius 1 is 1.09 bits per heavy atom. The number of carbonyl (C=O) groups excluding carboxylic acids is 2. The van der Waals surface area contributed by atoms with Crippen LogP contribution in [0.5, 0.6) is 5.75 Å². The summed E-state index contributed by atoms with van der Waals surface area (Å²) in [5, 5.41) is 2.71. The Bertz CT molecular complexity index is 1100. The Kier molecular flexibility index (Phi) is 6.35. The average molecular weight is 434 g/mol. The van der Waals surface area contributed by atoms with Crippen molar-refractivity contribution in [2.24, 2.45) is 0 Å². The number of hydrogen-bond acceptors (Lipinski definition) is 4. The number of halogens is 1. The highest BCUT2D eigenvalue weighted by Crippen LogP contribution is 2.29. The van der Waals surface area contributed by atoms with Crippen molar-refractivity contribution in [2.75, 3.05) is 5.32 Å². The van der Waals surface area contributed by atoms with E-state index in [0.29, 0.717) is 24.5 Å². The second-order valence-corrected chi connectivity index (χ2v) is 7.59.